The van der Waals surface area contributed by atoms with Crippen molar-refractivity contribution in [1.29, 1.82) is 0 Å². The highest BCUT2D eigenvalue weighted by Gasteiger charge is 2.03. The summed E-state index contributed by atoms with van der Waals surface area (Å²) in [6, 6.07) is 0. The zero-order valence-corrected chi connectivity index (χ0v) is 8.58. The van der Waals surface area contributed by atoms with E-state index in [0.717, 1.165) is 0 Å². The summed E-state index contributed by atoms with van der Waals surface area (Å²) >= 11 is 0. The molecule has 0 aromatic carbocycles. The molecule has 0 radical (unpaired) electrons. The van der Waals surface area contributed by atoms with E-state index in [1.165, 1.54) is 0 Å². The van der Waals surface area contributed by atoms with Gasteiger partial charge in [-0.1, -0.05) is 0 Å². The summed E-state index contributed by atoms with van der Waals surface area (Å²) < 4.78 is 5.16. The first-order valence-electron chi connectivity index (χ1n) is 4.62. The van der Waals surface area contributed by atoms with Crippen LogP contribution < -0.4 is 5.32 Å². The Balaban J connectivity index is 3.33. The topological polar surface area (TPSA) is 75.6 Å². The molecule has 0 aliphatic rings. The zero-order chi connectivity index (χ0) is 11.0. The van der Waals surface area contributed by atoms with E-state index in [4.69, 9.17) is 9.84 Å². The lowest BCUT2D eigenvalue weighted by atomic mass is 10.4. The Kier molecular flexibility index (Phi) is 6.74. The van der Waals surface area contributed by atoms with Crippen molar-refractivity contribution in [3.63, 3.8) is 0 Å². The van der Waals surface area contributed by atoms with E-state index in [1.54, 1.807) is 0 Å². The van der Waals surface area contributed by atoms with Crippen molar-refractivity contribution < 1.29 is 19.4 Å². The van der Waals surface area contributed by atoms with Gasteiger partial charge in [-0.3, -0.25) is 9.59 Å². The van der Waals surface area contributed by atoms with Crippen LogP contribution in [0.1, 0.15) is 26.7 Å². The van der Waals surface area contributed by atoms with E-state index >= 15 is 0 Å². The van der Waals surface area contributed by atoms with Crippen molar-refractivity contribution in [2.45, 2.75) is 32.8 Å². The van der Waals surface area contributed by atoms with Crippen LogP contribution in [-0.4, -0.2) is 36.2 Å². The molecule has 5 nitrogen and oxygen atoms in total. The summed E-state index contributed by atoms with van der Waals surface area (Å²) in [5.41, 5.74) is 0. The highest BCUT2D eigenvalue weighted by atomic mass is 16.5. The number of carboxylic acid groups (broad SMARTS) is 1. The monoisotopic (exact) mass is 203 g/mol. The molecular formula is C9H17NO4. The second-order valence-electron chi connectivity index (χ2n) is 3.16. The summed E-state index contributed by atoms with van der Waals surface area (Å²) in [5, 5.41) is 10.8. The summed E-state index contributed by atoms with van der Waals surface area (Å²) in [5.74, 6) is -1.09. The number of rotatable bonds is 7. The summed E-state index contributed by atoms with van der Waals surface area (Å²) in [7, 11) is 0. The van der Waals surface area contributed by atoms with Gasteiger partial charge in [-0.05, 0) is 13.8 Å². The minimum atomic E-state index is -0.913. The van der Waals surface area contributed by atoms with Crippen molar-refractivity contribution >= 4 is 11.9 Å². The lowest BCUT2D eigenvalue weighted by Crippen LogP contribution is -2.27. The molecule has 14 heavy (non-hydrogen) atoms. The average Bonchev–Trinajstić information content (AvgIpc) is 2.02. The van der Waals surface area contributed by atoms with Gasteiger partial charge in [0.05, 0.1) is 19.1 Å². The third kappa shape index (κ3) is 8.99. The number of carbonyl (C=O) groups excluding carboxylic acids is 1. The van der Waals surface area contributed by atoms with Crippen LogP contribution in [0.25, 0.3) is 0 Å². The van der Waals surface area contributed by atoms with Gasteiger partial charge in [0.1, 0.15) is 0 Å². The summed E-state index contributed by atoms with van der Waals surface area (Å²) in [4.78, 5) is 21.1. The molecule has 2 N–H and O–H groups in total. The smallest absolute Gasteiger partial charge is 0.305 e. The molecule has 0 bridgehead atoms. The Hall–Kier alpha value is -1.10. The first-order valence-corrected chi connectivity index (χ1v) is 4.62. The van der Waals surface area contributed by atoms with Gasteiger partial charge in [-0.2, -0.15) is 0 Å². The maximum absolute atomic E-state index is 11.0. The fraction of sp³-hybridized carbons (Fsp3) is 0.778. The van der Waals surface area contributed by atoms with Crippen LogP contribution in [0.3, 0.4) is 0 Å². The predicted molar refractivity (Wildman–Crippen MR) is 51.0 cm³/mol. The molecule has 5 heteroatoms. The zero-order valence-electron chi connectivity index (χ0n) is 8.58. The van der Waals surface area contributed by atoms with Gasteiger partial charge in [0.15, 0.2) is 0 Å². The maximum Gasteiger partial charge on any atom is 0.305 e. The first-order chi connectivity index (χ1) is 6.52. The van der Waals surface area contributed by atoms with Crippen molar-refractivity contribution in [3.05, 3.63) is 0 Å². The molecule has 0 atom stereocenters. The van der Waals surface area contributed by atoms with E-state index in [9.17, 15) is 9.59 Å². The largest absolute Gasteiger partial charge is 0.481 e. The summed E-state index contributed by atoms with van der Waals surface area (Å²) in [6.45, 7) is 4.33. The molecule has 0 saturated heterocycles. The molecule has 0 unspecified atom stereocenters. The highest BCUT2D eigenvalue weighted by molar-refractivity contribution is 5.76. The fourth-order valence-corrected chi connectivity index (χ4v) is 0.785. The van der Waals surface area contributed by atoms with Gasteiger partial charge in [0, 0.05) is 13.0 Å². The molecule has 0 rings (SSSR count). The van der Waals surface area contributed by atoms with Crippen molar-refractivity contribution in [2.75, 3.05) is 13.2 Å². The van der Waals surface area contributed by atoms with E-state index in [2.05, 4.69) is 5.32 Å². The molecule has 0 saturated carbocycles. The minimum Gasteiger partial charge on any atom is -0.481 e. The van der Waals surface area contributed by atoms with Crippen molar-refractivity contribution in [2.24, 2.45) is 0 Å². The fourth-order valence-electron chi connectivity index (χ4n) is 0.785. The van der Waals surface area contributed by atoms with E-state index in [0.29, 0.717) is 6.61 Å². The van der Waals surface area contributed by atoms with Crippen LogP contribution in [-0.2, 0) is 14.3 Å². The van der Waals surface area contributed by atoms with E-state index in [-0.39, 0.29) is 31.4 Å². The molecule has 1 amide bonds. The molecule has 0 aliphatic carbocycles. The molecule has 0 aromatic heterocycles. The molecule has 0 aliphatic heterocycles. The van der Waals surface area contributed by atoms with Crippen LogP contribution in [0.15, 0.2) is 0 Å². The number of nitrogens with one attached hydrogen (secondary N) is 1. The number of hydrogen-bond acceptors (Lipinski definition) is 3. The number of aliphatic carboxylic acids is 1. The van der Waals surface area contributed by atoms with E-state index < -0.39 is 5.97 Å². The maximum atomic E-state index is 11.0. The number of amides is 1. The lowest BCUT2D eigenvalue weighted by molar-refractivity contribution is -0.136. The van der Waals surface area contributed by atoms with Crippen LogP contribution in [0.5, 0.6) is 0 Å². The van der Waals surface area contributed by atoms with Gasteiger partial charge >= 0.3 is 5.97 Å². The Morgan fingerprint density at radius 2 is 2.00 bits per heavy atom. The Labute approximate surface area is 83.4 Å². The Morgan fingerprint density at radius 1 is 1.36 bits per heavy atom. The van der Waals surface area contributed by atoms with Gasteiger partial charge in [0.2, 0.25) is 5.91 Å². The molecular weight excluding hydrogens is 186 g/mol. The third-order valence-electron chi connectivity index (χ3n) is 1.44. The molecule has 82 valence electrons. The van der Waals surface area contributed by atoms with Gasteiger partial charge in [-0.25, -0.2) is 0 Å². The molecule has 0 aromatic rings. The van der Waals surface area contributed by atoms with Crippen molar-refractivity contribution in [3.8, 4) is 0 Å². The highest BCUT2D eigenvalue weighted by Crippen LogP contribution is 1.90. The normalized spacial score (nSPS) is 10.2. The molecule has 0 spiro atoms. The number of hydrogen-bond donors (Lipinski definition) is 2. The summed E-state index contributed by atoms with van der Waals surface area (Å²) in [6.07, 6.45) is 0.344. The quantitative estimate of drug-likeness (QED) is 0.627. The molecule has 0 heterocycles. The van der Waals surface area contributed by atoms with Gasteiger partial charge in [0.25, 0.3) is 0 Å². The number of ether oxygens (including phenoxy) is 1. The Bertz CT molecular complexity index is 191. The molecule has 0 fully saturated rings. The van der Waals surface area contributed by atoms with E-state index in [1.807, 2.05) is 13.8 Å². The number of carbonyl (C=O) groups is 2. The van der Waals surface area contributed by atoms with Crippen molar-refractivity contribution in [1.82, 2.24) is 5.32 Å². The standard InChI is InChI=1S/C9H17NO4/c1-7(2)14-6-4-8(11)10-5-3-9(12)13/h7H,3-6H2,1-2H3,(H,10,11)(H,12,13). The number of carboxylic acids is 1. The second-order valence-corrected chi connectivity index (χ2v) is 3.16. The van der Waals surface area contributed by atoms with Crippen LogP contribution in [0.4, 0.5) is 0 Å². The third-order valence-corrected chi connectivity index (χ3v) is 1.44. The minimum absolute atomic E-state index is 0.0449. The average molecular weight is 203 g/mol. The van der Waals surface area contributed by atoms with Gasteiger partial charge < -0.3 is 15.2 Å². The van der Waals surface area contributed by atoms with Crippen LogP contribution >= 0.6 is 0 Å². The first kappa shape index (κ1) is 12.9. The Morgan fingerprint density at radius 3 is 2.50 bits per heavy atom. The van der Waals surface area contributed by atoms with Gasteiger partial charge in [-0.15, -0.1) is 0 Å². The SMILES string of the molecule is CC(C)OCCC(=O)NCCC(=O)O. The van der Waals surface area contributed by atoms with Crippen LogP contribution in [0.2, 0.25) is 0 Å². The lowest BCUT2D eigenvalue weighted by Gasteiger charge is -2.07. The predicted octanol–water partition coefficient (Wildman–Crippen LogP) is 0.392. The second kappa shape index (κ2) is 7.32. The van der Waals surface area contributed by atoms with Crippen LogP contribution in [0, 0.1) is 0 Å².